The van der Waals surface area contributed by atoms with Gasteiger partial charge in [0.1, 0.15) is 11.9 Å². The molecule has 0 fully saturated rings. The Morgan fingerprint density at radius 2 is 1.38 bits per heavy atom. The first kappa shape index (κ1) is 16.1. The number of rotatable bonds is 2. The molecule has 0 spiro atoms. The molecule has 3 N–H and O–H groups in total. The van der Waals surface area contributed by atoms with Crippen molar-refractivity contribution >= 4 is 22.1 Å². The Bertz CT molecular complexity index is 1050. The maximum atomic E-state index is 10.2. The minimum absolute atomic E-state index is 0.581. The average Bonchev–Trinajstić information content (AvgIpc) is 3.35. The highest BCUT2D eigenvalue weighted by atomic mass is 16.3. The number of para-hydroxylation sites is 4. The summed E-state index contributed by atoms with van der Waals surface area (Å²) in [4.78, 5) is 14.6. The van der Waals surface area contributed by atoms with E-state index in [1.165, 1.54) is 0 Å². The minimum atomic E-state index is -0.705. The van der Waals surface area contributed by atoms with E-state index in [9.17, 15) is 5.11 Å². The lowest BCUT2D eigenvalue weighted by Gasteiger charge is -2.06. The van der Waals surface area contributed by atoms with Crippen LogP contribution in [0.15, 0.2) is 85.2 Å². The van der Waals surface area contributed by atoms with E-state index in [1.807, 2.05) is 78.9 Å². The van der Waals surface area contributed by atoms with Crippen molar-refractivity contribution < 1.29 is 5.11 Å². The van der Waals surface area contributed by atoms with Gasteiger partial charge in [-0.15, -0.1) is 0 Å². The SMILES string of the molecule is OC(c1ccccc1)c1nc2ccccc2[nH]1.c1ccc2[nH]cnc2c1. The zero-order chi connectivity index (χ0) is 17.8. The van der Waals surface area contributed by atoms with Gasteiger partial charge in [-0.1, -0.05) is 54.6 Å². The van der Waals surface area contributed by atoms with Gasteiger partial charge in [-0.05, 0) is 29.8 Å². The summed E-state index contributed by atoms with van der Waals surface area (Å²) in [7, 11) is 0. The monoisotopic (exact) mass is 342 g/mol. The van der Waals surface area contributed by atoms with Crippen LogP contribution in [0.25, 0.3) is 22.1 Å². The number of imidazole rings is 2. The average molecular weight is 342 g/mol. The van der Waals surface area contributed by atoms with Gasteiger partial charge in [0, 0.05) is 0 Å². The third kappa shape index (κ3) is 3.34. The van der Waals surface area contributed by atoms with Crippen LogP contribution >= 0.6 is 0 Å². The lowest BCUT2D eigenvalue weighted by atomic mass is 10.1. The molecule has 0 bridgehead atoms. The van der Waals surface area contributed by atoms with Gasteiger partial charge >= 0.3 is 0 Å². The van der Waals surface area contributed by atoms with E-state index in [-0.39, 0.29) is 0 Å². The molecule has 0 saturated heterocycles. The Morgan fingerprint density at radius 1 is 0.731 bits per heavy atom. The summed E-state index contributed by atoms with van der Waals surface area (Å²) >= 11 is 0. The second kappa shape index (κ2) is 7.21. The first-order valence-electron chi connectivity index (χ1n) is 8.37. The van der Waals surface area contributed by atoms with E-state index < -0.39 is 6.10 Å². The number of aliphatic hydroxyl groups is 1. The van der Waals surface area contributed by atoms with Crippen LogP contribution in [0, 0.1) is 0 Å². The fraction of sp³-hybridized carbons (Fsp3) is 0.0476. The largest absolute Gasteiger partial charge is 0.380 e. The predicted octanol–water partition coefficient (Wildman–Crippen LogP) is 4.21. The topological polar surface area (TPSA) is 77.6 Å². The Morgan fingerprint density at radius 3 is 2.12 bits per heavy atom. The fourth-order valence-electron chi connectivity index (χ4n) is 2.77. The van der Waals surface area contributed by atoms with Crippen LogP contribution in [0.3, 0.4) is 0 Å². The summed E-state index contributed by atoms with van der Waals surface area (Å²) in [6, 6.07) is 25.2. The number of nitrogens with zero attached hydrogens (tertiary/aromatic N) is 2. The van der Waals surface area contributed by atoms with Crippen LogP contribution in [0.4, 0.5) is 0 Å². The van der Waals surface area contributed by atoms with Crippen LogP contribution in [-0.4, -0.2) is 25.0 Å². The van der Waals surface area contributed by atoms with Crippen molar-refractivity contribution in [1.29, 1.82) is 0 Å². The van der Waals surface area contributed by atoms with Crippen molar-refractivity contribution in [2.75, 3.05) is 0 Å². The number of aromatic nitrogens is 4. The molecule has 5 heteroatoms. The van der Waals surface area contributed by atoms with Gasteiger partial charge in [0.2, 0.25) is 0 Å². The van der Waals surface area contributed by atoms with Crippen molar-refractivity contribution in [3.05, 3.63) is 96.6 Å². The Kier molecular flexibility index (Phi) is 4.45. The van der Waals surface area contributed by atoms with E-state index in [4.69, 9.17) is 0 Å². The highest BCUT2D eigenvalue weighted by Gasteiger charge is 2.13. The van der Waals surface area contributed by atoms with Crippen molar-refractivity contribution in [3.63, 3.8) is 0 Å². The van der Waals surface area contributed by atoms with E-state index in [1.54, 1.807) is 6.33 Å². The highest BCUT2D eigenvalue weighted by molar-refractivity contribution is 5.75. The van der Waals surface area contributed by atoms with E-state index >= 15 is 0 Å². The summed E-state index contributed by atoms with van der Waals surface area (Å²) in [5.41, 5.74) is 4.77. The molecule has 2 aromatic heterocycles. The van der Waals surface area contributed by atoms with Crippen LogP contribution in [0.1, 0.15) is 17.5 Å². The van der Waals surface area contributed by atoms with E-state index in [2.05, 4.69) is 19.9 Å². The fourth-order valence-corrected chi connectivity index (χ4v) is 2.77. The van der Waals surface area contributed by atoms with Crippen LogP contribution in [-0.2, 0) is 0 Å². The molecule has 26 heavy (non-hydrogen) atoms. The molecule has 5 aromatic rings. The predicted molar refractivity (Wildman–Crippen MR) is 103 cm³/mol. The smallest absolute Gasteiger partial charge is 0.140 e. The lowest BCUT2D eigenvalue weighted by molar-refractivity contribution is 0.211. The van der Waals surface area contributed by atoms with Crippen LogP contribution in [0.2, 0.25) is 0 Å². The molecular formula is C21H18N4O. The third-order valence-corrected chi connectivity index (χ3v) is 4.11. The second-order valence-electron chi connectivity index (χ2n) is 5.87. The van der Waals surface area contributed by atoms with Crippen LogP contribution in [0.5, 0.6) is 0 Å². The number of H-pyrrole nitrogens is 2. The Labute approximate surface area is 150 Å². The van der Waals surface area contributed by atoms with Crippen molar-refractivity contribution in [2.24, 2.45) is 0 Å². The minimum Gasteiger partial charge on any atom is -0.380 e. The standard InChI is InChI=1S/C14H12N2O.C7H6N2/c17-13(10-6-2-1-3-7-10)14-15-11-8-4-5-9-12(11)16-14;1-2-4-7-6(3-1)8-5-9-7/h1-9,13,17H,(H,15,16);1-5H,(H,8,9). The van der Waals surface area contributed by atoms with Gasteiger partial charge in [0.25, 0.3) is 0 Å². The molecule has 0 aliphatic rings. The number of hydrogen-bond donors (Lipinski definition) is 3. The van der Waals surface area contributed by atoms with Crippen molar-refractivity contribution in [2.45, 2.75) is 6.10 Å². The van der Waals surface area contributed by atoms with Gasteiger partial charge in [-0.25, -0.2) is 9.97 Å². The molecule has 0 radical (unpaired) electrons. The summed E-state index contributed by atoms with van der Waals surface area (Å²) in [6.45, 7) is 0. The Hall–Kier alpha value is -3.44. The maximum absolute atomic E-state index is 10.2. The second-order valence-corrected chi connectivity index (χ2v) is 5.87. The van der Waals surface area contributed by atoms with Gasteiger partial charge in [0.15, 0.2) is 0 Å². The summed E-state index contributed by atoms with van der Waals surface area (Å²) < 4.78 is 0. The molecule has 1 unspecified atom stereocenters. The molecule has 128 valence electrons. The molecule has 2 heterocycles. The highest BCUT2D eigenvalue weighted by Crippen LogP contribution is 2.21. The van der Waals surface area contributed by atoms with E-state index in [0.29, 0.717) is 5.82 Å². The van der Waals surface area contributed by atoms with Crippen LogP contribution < -0.4 is 0 Å². The number of benzene rings is 3. The summed E-state index contributed by atoms with van der Waals surface area (Å²) in [6.07, 6.45) is 0.994. The quantitative estimate of drug-likeness (QED) is 0.450. The molecule has 5 rings (SSSR count). The number of aromatic amines is 2. The first-order chi connectivity index (χ1) is 12.8. The lowest BCUT2D eigenvalue weighted by Crippen LogP contribution is -2.01. The summed E-state index contributed by atoms with van der Waals surface area (Å²) in [5.74, 6) is 0.581. The van der Waals surface area contributed by atoms with Gasteiger partial charge in [-0.3, -0.25) is 0 Å². The maximum Gasteiger partial charge on any atom is 0.140 e. The molecule has 0 amide bonds. The van der Waals surface area contributed by atoms with Gasteiger partial charge in [-0.2, -0.15) is 0 Å². The van der Waals surface area contributed by atoms with Crippen molar-refractivity contribution in [1.82, 2.24) is 19.9 Å². The molecule has 0 aliphatic heterocycles. The third-order valence-electron chi connectivity index (χ3n) is 4.11. The molecule has 0 aliphatic carbocycles. The number of hydrogen-bond acceptors (Lipinski definition) is 3. The molecule has 1 atom stereocenters. The zero-order valence-electron chi connectivity index (χ0n) is 14.0. The molecular weight excluding hydrogens is 324 g/mol. The molecule has 0 saturated carbocycles. The number of aliphatic hydroxyl groups excluding tert-OH is 1. The number of nitrogens with one attached hydrogen (secondary N) is 2. The summed E-state index contributed by atoms with van der Waals surface area (Å²) in [5, 5.41) is 10.2. The Balaban J connectivity index is 0.000000157. The zero-order valence-corrected chi connectivity index (χ0v) is 14.0. The first-order valence-corrected chi connectivity index (χ1v) is 8.37. The number of fused-ring (bicyclic) bond motifs is 2. The van der Waals surface area contributed by atoms with Gasteiger partial charge < -0.3 is 15.1 Å². The van der Waals surface area contributed by atoms with E-state index in [0.717, 1.165) is 27.6 Å². The molecule has 3 aromatic carbocycles. The molecule has 5 nitrogen and oxygen atoms in total. The normalized spacial score (nSPS) is 11.9. The van der Waals surface area contributed by atoms with Crippen molar-refractivity contribution in [3.8, 4) is 0 Å². The van der Waals surface area contributed by atoms with Gasteiger partial charge in [0.05, 0.1) is 28.4 Å².